The number of hydrogen-bond acceptors (Lipinski definition) is 5. The van der Waals surface area contributed by atoms with Crippen molar-refractivity contribution in [3.63, 3.8) is 0 Å². The minimum atomic E-state index is -1.05. The second-order valence-corrected chi connectivity index (χ2v) is 9.49. The summed E-state index contributed by atoms with van der Waals surface area (Å²) < 4.78 is 10.9. The normalized spacial score (nSPS) is 23.4. The van der Waals surface area contributed by atoms with Crippen molar-refractivity contribution in [3.05, 3.63) is 59.7 Å². The van der Waals surface area contributed by atoms with Crippen LogP contribution in [0.25, 0.3) is 11.1 Å². The van der Waals surface area contributed by atoms with E-state index in [2.05, 4.69) is 29.6 Å². The minimum absolute atomic E-state index is 0.00235. The van der Waals surface area contributed by atoms with Gasteiger partial charge >= 0.3 is 12.1 Å². The molecule has 184 valence electrons. The summed E-state index contributed by atoms with van der Waals surface area (Å²) in [5.74, 6) is -1.32. The Labute approximate surface area is 204 Å². The quantitative estimate of drug-likeness (QED) is 0.660. The molecule has 2 fully saturated rings. The van der Waals surface area contributed by atoms with Crippen LogP contribution in [0.4, 0.5) is 4.79 Å². The highest BCUT2D eigenvalue weighted by Crippen LogP contribution is 2.44. The number of carbonyl (C=O) groups is 3. The van der Waals surface area contributed by atoms with E-state index in [0.29, 0.717) is 13.1 Å². The maximum absolute atomic E-state index is 13.1. The van der Waals surface area contributed by atoms with Crippen LogP contribution in [-0.2, 0) is 19.1 Å². The van der Waals surface area contributed by atoms with E-state index in [1.54, 1.807) is 4.90 Å². The van der Waals surface area contributed by atoms with Crippen LogP contribution in [-0.4, -0.2) is 66.9 Å². The Balaban J connectivity index is 1.15. The summed E-state index contributed by atoms with van der Waals surface area (Å²) in [5, 5.41) is 12.1. The Morgan fingerprint density at radius 3 is 2.40 bits per heavy atom. The smallest absolute Gasteiger partial charge is 0.407 e. The molecule has 8 nitrogen and oxygen atoms in total. The molecule has 1 heterocycles. The third-order valence-electron chi connectivity index (χ3n) is 7.48. The van der Waals surface area contributed by atoms with Gasteiger partial charge in [-0.25, -0.2) is 9.59 Å². The van der Waals surface area contributed by atoms with Crippen LogP contribution in [0.5, 0.6) is 0 Å². The predicted molar refractivity (Wildman–Crippen MR) is 128 cm³/mol. The molecule has 2 aromatic carbocycles. The summed E-state index contributed by atoms with van der Waals surface area (Å²) >= 11 is 0. The van der Waals surface area contributed by atoms with E-state index in [0.717, 1.165) is 30.4 Å². The number of carboxylic acids is 1. The van der Waals surface area contributed by atoms with Gasteiger partial charge in [0.05, 0.1) is 13.2 Å². The fraction of sp³-hybridized carbons (Fsp3) is 0.444. The van der Waals surface area contributed by atoms with Crippen molar-refractivity contribution >= 4 is 18.0 Å². The van der Waals surface area contributed by atoms with Crippen LogP contribution >= 0.6 is 0 Å². The molecule has 0 bridgehead atoms. The number of morpholine rings is 1. The number of nitrogens with zero attached hydrogens (tertiary/aromatic N) is 1. The number of aliphatic carboxylic acids is 1. The maximum atomic E-state index is 13.1. The number of amides is 2. The monoisotopic (exact) mass is 478 g/mol. The topological polar surface area (TPSA) is 105 Å². The van der Waals surface area contributed by atoms with Gasteiger partial charge in [-0.1, -0.05) is 55.0 Å². The van der Waals surface area contributed by atoms with Gasteiger partial charge in [-0.15, -0.1) is 0 Å². The van der Waals surface area contributed by atoms with Gasteiger partial charge < -0.3 is 24.8 Å². The van der Waals surface area contributed by atoms with Gasteiger partial charge in [0.25, 0.3) is 0 Å². The van der Waals surface area contributed by atoms with E-state index < -0.39 is 18.2 Å². The van der Waals surface area contributed by atoms with Crippen molar-refractivity contribution in [2.75, 3.05) is 32.8 Å². The molecular weight excluding hydrogens is 448 g/mol. The second-order valence-electron chi connectivity index (χ2n) is 9.49. The highest BCUT2D eigenvalue weighted by molar-refractivity contribution is 5.81. The Kier molecular flexibility index (Phi) is 6.72. The van der Waals surface area contributed by atoms with E-state index in [-0.39, 0.29) is 43.4 Å². The molecule has 35 heavy (non-hydrogen) atoms. The van der Waals surface area contributed by atoms with Gasteiger partial charge in [0.15, 0.2) is 6.10 Å². The average molecular weight is 479 g/mol. The van der Waals surface area contributed by atoms with E-state index in [9.17, 15) is 19.5 Å². The molecule has 0 aromatic heterocycles. The number of alkyl carbamates (subject to hydrolysis) is 1. The van der Waals surface area contributed by atoms with Gasteiger partial charge in [-0.05, 0) is 41.0 Å². The van der Waals surface area contributed by atoms with Crippen molar-refractivity contribution in [1.29, 1.82) is 0 Å². The number of hydrogen-bond donors (Lipinski definition) is 2. The molecule has 2 N–H and O–H groups in total. The van der Waals surface area contributed by atoms with Gasteiger partial charge in [0, 0.05) is 24.9 Å². The van der Waals surface area contributed by atoms with Crippen LogP contribution in [0.15, 0.2) is 48.5 Å². The number of rotatable bonds is 6. The molecule has 0 spiro atoms. The van der Waals surface area contributed by atoms with Crippen molar-refractivity contribution in [2.24, 2.45) is 11.8 Å². The molecule has 8 heteroatoms. The zero-order chi connectivity index (χ0) is 24.4. The van der Waals surface area contributed by atoms with Crippen molar-refractivity contribution in [3.8, 4) is 11.1 Å². The first-order chi connectivity index (χ1) is 17.0. The van der Waals surface area contributed by atoms with Crippen molar-refractivity contribution in [2.45, 2.75) is 31.3 Å². The lowest BCUT2D eigenvalue weighted by Crippen LogP contribution is -2.51. The highest BCUT2D eigenvalue weighted by Gasteiger charge is 2.38. The minimum Gasteiger partial charge on any atom is -0.479 e. The van der Waals surface area contributed by atoms with Crippen molar-refractivity contribution in [1.82, 2.24) is 10.2 Å². The molecular formula is C27H30N2O6. The Morgan fingerprint density at radius 2 is 1.71 bits per heavy atom. The number of carbonyl (C=O) groups excluding carboxylic acids is 2. The third-order valence-corrected chi connectivity index (χ3v) is 7.48. The first-order valence-corrected chi connectivity index (χ1v) is 12.2. The SMILES string of the molecule is O=C(NC[C@H]1CCC[C@H]1C(=O)N1CCOC(C(=O)O)C1)OCC1c2ccccc2-c2ccccc21. The molecule has 1 unspecified atom stereocenters. The molecule has 5 rings (SSSR count). The number of fused-ring (bicyclic) bond motifs is 3. The molecule has 3 atom stereocenters. The fourth-order valence-corrected chi connectivity index (χ4v) is 5.70. The first-order valence-electron chi connectivity index (χ1n) is 12.2. The summed E-state index contributed by atoms with van der Waals surface area (Å²) in [4.78, 5) is 38.5. The Morgan fingerprint density at radius 1 is 1.03 bits per heavy atom. The van der Waals surface area contributed by atoms with E-state index in [4.69, 9.17) is 9.47 Å². The second kappa shape index (κ2) is 10.1. The molecule has 0 radical (unpaired) electrons. The standard InChI is InChI=1S/C27H30N2O6/c30-25(29-12-13-34-24(15-29)26(31)32)18-11-5-6-17(18)14-28-27(33)35-16-23-21-9-3-1-7-19(21)20-8-2-4-10-22(20)23/h1-4,7-10,17-18,23-24H,5-6,11-16H2,(H,28,33)(H,31,32)/t17-,18-,24?/m1/s1. The molecule has 2 aromatic rings. The van der Waals surface area contributed by atoms with Crippen LogP contribution < -0.4 is 5.32 Å². The summed E-state index contributed by atoms with van der Waals surface area (Å²) in [6, 6.07) is 16.4. The number of carboxylic acid groups (broad SMARTS) is 1. The maximum Gasteiger partial charge on any atom is 0.407 e. The van der Waals surface area contributed by atoms with Gasteiger partial charge in [-0.3, -0.25) is 4.79 Å². The number of ether oxygens (including phenoxy) is 2. The lowest BCUT2D eigenvalue weighted by atomic mass is 9.94. The molecule has 1 aliphatic heterocycles. The lowest BCUT2D eigenvalue weighted by Gasteiger charge is -2.34. The average Bonchev–Trinajstić information content (AvgIpc) is 3.48. The lowest BCUT2D eigenvalue weighted by molar-refractivity contribution is -0.160. The van der Waals surface area contributed by atoms with Crippen LogP contribution in [0.1, 0.15) is 36.3 Å². The summed E-state index contributed by atoms with van der Waals surface area (Å²) in [6.07, 6.45) is 1.02. The summed E-state index contributed by atoms with van der Waals surface area (Å²) in [7, 11) is 0. The van der Waals surface area contributed by atoms with Crippen molar-refractivity contribution < 1.29 is 29.0 Å². The summed E-state index contributed by atoms with van der Waals surface area (Å²) in [6.45, 7) is 1.29. The number of nitrogens with one attached hydrogen (secondary N) is 1. The fourth-order valence-electron chi connectivity index (χ4n) is 5.70. The molecule has 2 aliphatic carbocycles. The number of benzene rings is 2. The zero-order valence-electron chi connectivity index (χ0n) is 19.5. The Hall–Kier alpha value is -3.39. The predicted octanol–water partition coefficient (Wildman–Crippen LogP) is 3.25. The van der Waals surface area contributed by atoms with Gasteiger partial charge in [0.2, 0.25) is 5.91 Å². The molecule has 1 saturated heterocycles. The Bertz CT molecular complexity index is 1070. The zero-order valence-corrected chi connectivity index (χ0v) is 19.5. The largest absolute Gasteiger partial charge is 0.479 e. The molecule has 3 aliphatic rings. The van der Waals surface area contributed by atoms with Gasteiger partial charge in [-0.2, -0.15) is 0 Å². The van der Waals surface area contributed by atoms with Crippen LogP contribution in [0, 0.1) is 11.8 Å². The van der Waals surface area contributed by atoms with Crippen LogP contribution in [0.2, 0.25) is 0 Å². The van der Waals surface area contributed by atoms with Crippen LogP contribution in [0.3, 0.4) is 0 Å². The molecule has 2 amide bonds. The molecule has 1 saturated carbocycles. The van der Waals surface area contributed by atoms with E-state index in [1.807, 2.05) is 24.3 Å². The van der Waals surface area contributed by atoms with Gasteiger partial charge in [0.1, 0.15) is 6.61 Å². The van der Waals surface area contributed by atoms with E-state index in [1.165, 1.54) is 11.1 Å². The van der Waals surface area contributed by atoms with E-state index >= 15 is 0 Å². The third kappa shape index (κ3) is 4.75. The first kappa shape index (κ1) is 23.4. The highest BCUT2D eigenvalue weighted by atomic mass is 16.5. The summed E-state index contributed by atoms with van der Waals surface area (Å²) in [5.41, 5.74) is 4.68.